The van der Waals surface area contributed by atoms with Crippen molar-refractivity contribution in [2.24, 2.45) is 17.3 Å². The number of allylic oxidation sites excluding steroid dienone is 2. The van der Waals surface area contributed by atoms with Crippen molar-refractivity contribution in [1.29, 1.82) is 0 Å². The minimum absolute atomic E-state index is 0.103. The number of carbonyl (C=O) groups excluding carboxylic acids is 1. The van der Waals surface area contributed by atoms with Gasteiger partial charge in [0.25, 0.3) is 0 Å². The average Bonchev–Trinajstić information content (AvgIpc) is 2.77. The van der Waals surface area contributed by atoms with Crippen molar-refractivity contribution in [3.8, 4) is 0 Å². The molecule has 2 rings (SSSR count). The predicted molar refractivity (Wildman–Crippen MR) is 80.0 cm³/mol. The van der Waals surface area contributed by atoms with Gasteiger partial charge in [0.1, 0.15) is 0 Å². The molecule has 1 aliphatic rings. The molecule has 110 valence electrons. The topological polar surface area (TPSA) is 46.9 Å². The fraction of sp³-hybridized carbons (Fsp3) is 0.625. The number of nitrogens with zero attached hydrogens (tertiary/aromatic N) is 2. The highest BCUT2D eigenvalue weighted by atomic mass is 16.2. The fourth-order valence-corrected chi connectivity index (χ4v) is 2.85. The van der Waals surface area contributed by atoms with Crippen LogP contribution in [0.3, 0.4) is 0 Å². The zero-order valence-corrected chi connectivity index (χ0v) is 12.9. The SMILES string of the molecule is CC(C)=C[C@@H]1[C@@H](C(=O)NCCCn2ccnc2)C1(C)C. The van der Waals surface area contributed by atoms with Crippen LogP contribution in [0.15, 0.2) is 30.4 Å². The molecule has 1 aromatic rings. The summed E-state index contributed by atoms with van der Waals surface area (Å²) < 4.78 is 2.03. The lowest BCUT2D eigenvalue weighted by molar-refractivity contribution is -0.123. The Kier molecular flexibility index (Phi) is 4.31. The van der Waals surface area contributed by atoms with Crippen molar-refractivity contribution in [2.45, 2.75) is 40.7 Å². The van der Waals surface area contributed by atoms with Crippen LogP contribution in [0.5, 0.6) is 0 Å². The van der Waals surface area contributed by atoms with E-state index < -0.39 is 0 Å². The van der Waals surface area contributed by atoms with E-state index in [2.05, 4.69) is 44.1 Å². The van der Waals surface area contributed by atoms with E-state index >= 15 is 0 Å². The molecule has 4 nitrogen and oxygen atoms in total. The van der Waals surface area contributed by atoms with Gasteiger partial charge in [-0.1, -0.05) is 25.5 Å². The van der Waals surface area contributed by atoms with Gasteiger partial charge in [-0.25, -0.2) is 4.98 Å². The first-order chi connectivity index (χ1) is 9.43. The summed E-state index contributed by atoms with van der Waals surface area (Å²) >= 11 is 0. The number of hydrogen-bond donors (Lipinski definition) is 1. The highest BCUT2D eigenvalue weighted by molar-refractivity contribution is 5.83. The third-order valence-electron chi connectivity index (χ3n) is 4.16. The third kappa shape index (κ3) is 3.30. The number of carbonyl (C=O) groups is 1. The zero-order valence-electron chi connectivity index (χ0n) is 12.9. The number of nitrogens with one attached hydrogen (secondary N) is 1. The van der Waals surface area contributed by atoms with Gasteiger partial charge in [0, 0.05) is 25.5 Å². The maximum absolute atomic E-state index is 12.2. The Morgan fingerprint density at radius 2 is 2.20 bits per heavy atom. The number of imidazole rings is 1. The van der Waals surface area contributed by atoms with Gasteiger partial charge >= 0.3 is 0 Å². The molecular weight excluding hydrogens is 250 g/mol. The third-order valence-corrected chi connectivity index (χ3v) is 4.16. The molecule has 1 heterocycles. The molecule has 1 N–H and O–H groups in total. The Labute approximate surface area is 121 Å². The van der Waals surface area contributed by atoms with E-state index in [0.717, 1.165) is 19.5 Å². The van der Waals surface area contributed by atoms with Crippen LogP contribution in [-0.2, 0) is 11.3 Å². The summed E-state index contributed by atoms with van der Waals surface area (Å²) in [6.07, 6.45) is 8.68. The maximum Gasteiger partial charge on any atom is 0.224 e. The first-order valence-corrected chi connectivity index (χ1v) is 7.31. The highest BCUT2D eigenvalue weighted by Gasteiger charge is 2.60. The normalized spacial score (nSPS) is 23.2. The van der Waals surface area contributed by atoms with Gasteiger partial charge in [-0.15, -0.1) is 0 Å². The van der Waals surface area contributed by atoms with Crippen LogP contribution in [-0.4, -0.2) is 22.0 Å². The summed E-state index contributed by atoms with van der Waals surface area (Å²) in [6.45, 7) is 10.2. The predicted octanol–water partition coefficient (Wildman–Crippen LogP) is 2.63. The lowest BCUT2D eigenvalue weighted by Gasteiger charge is -2.06. The van der Waals surface area contributed by atoms with Gasteiger partial charge in [-0.05, 0) is 31.6 Å². The molecule has 1 fully saturated rings. The van der Waals surface area contributed by atoms with Crippen LogP contribution in [0.1, 0.15) is 34.1 Å². The van der Waals surface area contributed by atoms with Crippen LogP contribution in [0.4, 0.5) is 0 Å². The van der Waals surface area contributed by atoms with E-state index in [0.29, 0.717) is 5.92 Å². The van der Waals surface area contributed by atoms with Crippen molar-refractivity contribution in [3.05, 3.63) is 30.4 Å². The Morgan fingerprint density at radius 3 is 2.80 bits per heavy atom. The van der Waals surface area contributed by atoms with Crippen LogP contribution in [0.25, 0.3) is 0 Å². The first kappa shape index (κ1) is 14.8. The van der Waals surface area contributed by atoms with Gasteiger partial charge in [0.2, 0.25) is 5.91 Å². The molecule has 0 radical (unpaired) electrons. The second kappa shape index (κ2) is 5.81. The minimum Gasteiger partial charge on any atom is -0.356 e. The smallest absolute Gasteiger partial charge is 0.224 e. The monoisotopic (exact) mass is 275 g/mol. The van der Waals surface area contributed by atoms with Crippen molar-refractivity contribution in [2.75, 3.05) is 6.54 Å². The molecule has 0 saturated heterocycles. The van der Waals surface area contributed by atoms with Crippen LogP contribution >= 0.6 is 0 Å². The second-order valence-electron chi connectivity index (χ2n) is 6.51. The summed E-state index contributed by atoms with van der Waals surface area (Å²) in [7, 11) is 0. The average molecular weight is 275 g/mol. The molecule has 0 unspecified atom stereocenters. The molecule has 0 bridgehead atoms. The van der Waals surface area contributed by atoms with E-state index in [9.17, 15) is 4.79 Å². The molecule has 2 atom stereocenters. The molecule has 0 aliphatic heterocycles. The number of rotatable bonds is 6. The Morgan fingerprint density at radius 1 is 1.45 bits per heavy atom. The summed E-state index contributed by atoms with van der Waals surface area (Å²) in [6, 6.07) is 0. The van der Waals surface area contributed by atoms with Gasteiger partial charge in [-0.3, -0.25) is 4.79 Å². The molecule has 4 heteroatoms. The van der Waals surface area contributed by atoms with Crippen molar-refractivity contribution < 1.29 is 4.79 Å². The van der Waals surface area contributed by atoms with E-state index in [4.69, 9.17) is 0 Å². The molecule has 0 spiro atoms. The van der Waals surface area contributed by atoms with E-state index in [1.807, 2.05) is 10.8 Å². The second-order valence-corrected chi connectivity index (χ2v) is 6.51. The first-order valence-electron chi connectivity index (χ1n) is 7.31. The molecule has 20 heavy (non-hydrogen) atoms. The van der Waals surface area contributed by atoms with Crippen LogP contribution in [0.2, 0.25) is 0 Å². The molecule has 1 amide bonds. The number of amides is 1. The zero-order chi connectivity index (χ0) is 14.8. The number of aryl methyl sites for hydroxylation is 1. The number of aromatic nitrogens is 2. The Balaban J connectivity index is 1.74. The van der Waals surface area contributed by atoms with Crippen molar-refractivity contribution >= 4 is 5.91 Å². The maximum atomic E-state index is 12.2. The molecule has 1 aromatic heterocycles. The van der Waals surface area contributed by atoms with Gasteiger partial charge in [0.15, 0.2) is 0 Å². The van der Waals surface area contributed by atoms with Gasteiger partial charge in [-0.2, -0.15) is 0 Å². The van der Waals surface area contributed by atoms with Crippen molar-refractivity contribution in [3.63, 3.8) is 0 Å². The van der Waals surface area contributed by atoms with Crippen LogP contribution in [0, 0.1) is 17.3 Å². The molecule has 1 aliphatic carbocycles. The largest absolute Gasteiger partial charge is 0.356 e. The highest BCUT2D eigenvalue weighted by Crippen LogP contribution is 2.59. The van der Waals surface area contributed by atoms with Crippen molar-refractivity contribution in [1.82, 2.24) is 14.9 Å². The summed E-state index contributed by atoms with van der Waals surface area (Å²) in [5.41, 5.74) is 1.39. The van der Waals surface area contributed by atoms with Gasteiger partial charge in [0.05, 0.1) is 12.2 Å². The van der Waals surface area contributed by atoms with E-state index in [-0.39, 0.29) is 17.2 Å². The standard InChI is InChI=1S/C16H25N3O/c1-12(2)10-13-14(16(13,3)4)15(20)18-6-5-8-19-9-7-17-11-19/h7,9-11,13-14H,5-6,8H2,1-4H3,(H,18,20)/t13-,14+/m1/s1. The Bertz CT molecular complexity index is 484. The summed E-state index contributed by atoms with van der Waals surface area (Å²) in [4.78, 5) is 16.2. The lowest BCUT2D eigenvalue weighted by atomic mass is 10.1. The molecule has 0 aromatic carbocycles. The summed E-state index contributed by atoms with van der Waals surface area (Å²) in [5.74, 6) is 0.718. The van der Waals surface area contributed by atoms with E-state index in [1.54, 1.807) is 12.5 Å². The minimum atomic E-state index is 0.103. The lowest BCUT2D eigenvalue weighted by Crippen LogP contribution is -2.28. The summed E-state index contributed by atoms with van der Waals surface area (Å²) in [5, 5.41) is 3.06. The fourth-order valence-electron chi connectivity index (χ4n) is 2.85. The van der Waals surface area contributed by atoms with Gasteiger partial charge < -0.3 is 9.88 Å². The molecule has 1 saturated carbocycles. The number of hydrogen-bond acceptors (Lipinski definition) is 2. The quantitative estimate of drug-likeness (QED) is 0.641. The molecular formula is C16H25N3O. The Hall–Kier alpha value is -1.58. The van der Waals surface area contributed by atoms with Crippen LogP contribution < -0.4 is 5.32 Å². The van der Waals surface area contributed by atoms with E-state index in [1.165, 1.54) is 5.57 Å².